The van der Waals surface area contributed by atoms with Crippen LogP contribution in [-0.4, -0.2) is 14.8 Å². The van der Waals surface area contributed by atoms with Crippen LogP contribution in [0.2, 0.25) is 5.02 Å². The topological polar surface area (TPSA) is 30.7 Å². The fourth-order valence-corrected chi connectivity index (χ4v) is 3.83. The van der Waals surface area contributed by atoms with Gasteiger partial charge < -0.3 is 4.57 Å². The van der Waals surface area contributed by atoms with Gasteiger partial charge in [-0.1, -0.05) is 53.2 Å². The van der Waals surface area contributed by atoms with E-state index in [1.54, 1.807) is 12.1 Å². The van der Waals surface area contributed by atoms with E-state index in [0.717, 1.165) is 23.1 Å². The monoisotopic (exact) mass is 361 g/mol. The highest BCUT2D eigenvalue weighted by Gasteiger charge is 2.15. The second kappa shape index (κ2) is 7.36. The minimum atomic E-state index is -0.295. The van der Waals surface area contributed by atoms with Gasteiger partial charge in [0.05, 0.1) is 0 Å². The first kappa shape index (κ1) is 17.0. The van der Waals surface area contributed by atoms with E-state index >= 15 is 0 Å². The molecule has 24 heavy (non-hydrogen) atoms. The zero-order chi connectivity index (χ0) is 17.1. The van der Waals surface area contributed by atoms with E-state index in [1.165, 1.54) is 23.4 Å². The molecule has 0 saturated heterocycles. The first-order valence-corrected chi connectivity index (χ1v) is 9.02. The quantitative estimate of drug-likeness (QED) is 0.573. The van der Waals surface area contributed by atoms with Crippen LogP contribution in [0, 0.1) is 12.7 Å². The smallest absolute Gasteiger partial charge is 0.191 e. The molecule has 0 bridgehead atoms. The average Bonchev–Trinajstić information content (AvgIpc) is 2.97. The SMILES string of the molecule is CCn1c(SCc2c(F)cccc2Cl)nnc1-c1cccc(C)c1. The third kappa shape index (κ3) is 3.47. The van der Waals surface area contributed by atoms with Gasteiger partial charge in [0.25, 0.3) is 0 Å². The Morgan fingerprint density at radius 1 is 1.17 bits per heavy atom. The number of rotatable bonds is 5. The summed E-state index contributed by atoms with van der Waals surface area (Å²) < 4.78 is 15.9. The van der Waals surface area contributed by atoms with Gasteiger partial charge in [-0.05, 0) is 32.0 Å². The van der Waals surface area contributed by atoms with Gasteiger partial charge in [0.1, 0.15) is 5.82 Å². The van der Waals surface area contributed by atoms with Crippen LogP contribution in [0.1, 0.15) is 18.1 Å². The number of benzene rings is 2. The standard InChI is InChI=1S/C18H17ClFN3S/c1-3-23-17(13-7-4-6-12(2)10-13)21-22-18(23)24-11-14-15(19)8-5-9-16(14)20/h4-10H,3,11H2,1-2H3. The maximum Gasteiger partial charge on any atom is 0.191 e. The van der Waals surface area contributed by atoms with E-state index in [4.69, 9.17) is 11.6 Å². The highest BCUT2D eigenvalue weighted by Crippen LogP contribution is 2.30. The Bertz CT molecular complexity index is 843. The summed E-state index contributed by atoms with van der Waals surface area (Å²) in [5.74, 6) is 0.942. The number of hydrogen-bond donors (Lipinski definition) is 0. The predicted octanol–water partition coefficient (Wildman–Crippen LogP) is 5.36. The molecular formula is C18H17ClFN3S. The van der Waals surface area contributed by atoms with Crippen molar-refractivity contribution in [2.75, 3.05) is 0 Å². The summed E-state index contributed by atoms with van der Waals surface area (Å²) in [6.07, 6.45) is 0. The predicted molar refractivity (Wildman–Crippen MR) is 96.8 cm³/mol. The summed E-state index contributed by atoms with van der Waals surface area (Å²) >= 11 is 7.53. The van der Waals surface area contributed by atoms with Gasteiger partial charge >= 0.3 is 0 Å². The van der Waals surface area contributed by atoms with Crippen molar-refractivity contribution >= 4 is 23.4 Å². The first-order valence-electron chi connectivity index (χ1n) is 7.66. The maximum atomic E-state index is 13.9. The average molecular weight is 362 g/mol. The van der Waals surface area contributed by atoms with Crippen molar-refractivity contribution in [3.8, 4) is 11.4 Å². The van der Waals surface area contributed by atoms with Gasteiger partial charge in [-0.3, -0.25) is 0 Å². The zero-order valence-corrected chi connectivity index (χ0v) is 15.0. The number of hydrogen-bond acceptors (Lipinski definition) is 3. The van der Waals surface area contributed by atoms with Gasteiger partial charge in [0, 0.05) is 28.4 Å². The lowest BCUT2D eigenvalue weighted by atomic mass is 10.1. The zero-order valence-electron chi connectivity index (χ0n) is 13.5. The molecule has 1 heterocycles. The van der Waals surface area contributed by atoms with Crippen LogP contribution >= 0.6 is 23.4 Å². The fourth-order valence-electron chi connectivity index (χ4n) is 2.49. The minimum Gasteiger partial charge on any atom is -0.302 e. The fraction of sp³-hybridized carbons (Fsp3) is 0.222. The molecule has 0 fully saturated rings. The van der Waals surface area contributed by atoms with Crippen molar-refractivity contribution in [1.82, 2.24) is 14.8 Å². The molecule has 0 spiro atoms. The molecule has 0 N–H and O–H groups in total. The molecule has 0 aliphatic carbocycles. The summed E-state index contributed by atoms with van der Waals surface area (Å²) in [5.41, 5.74) is 2.69. The number of thioether (sulfide) groups is 1. The van der Waals surface area contributed by atoms with Crippen molar-refractivity contribution < 1.29 is 4.39 Å². The van der Waals surface area contributed by atoms with Crippen LogP contribution < -0.4 is 0 Å². The third-order valence-corrected chi connectivity index (χ3v) is 5.06. The molecule has 3 rings (SSSR count). The van der Waals surface area contributed by atoms with Gasteiger partial charge in [0.15, 0.2) is 11.0 Å². The molecule has 1 aromatic heterocycles. The first-order chi connectivity index (χ1) is 11.6. The largest absolute Gasteiger partial charge is 0.302 e. The normalized spacial score (nSPS) is 11.0. The van der Waals surface area contributed by atoms with Gasteiger partial charge in [-0.25, -0.2) is 4.39 Å². The Kier molecular flexibility index (Phi) is 5.21. The molecule has 0 unspecified atom stereocenters. The van der Waals surface area contributed by atoms with Crippen molar-refractivity contribution in [3.63, 3.8) is 0 Å². The number of aryl methyl sites for hydroxylation is 1. The highest BCUT2D eigenvalue weighted by molar-refractivity contribution is 7.98. The van der Waals surface area contributed by atoms with Crippen LogP contribution in [0.5, 0.6) is 0 Å². The highest BCUT2D eigenvalue weighted by atomic mass is 35.5. The number of halogens is 2. The third-order valence-electron chi connectivity index (χ3n) is 3.72. The van der Waals surface area contributed by atoms with Crippen LogP contribution in [0.15, 0.2) is 47.6 Å². The Hall–Kier alpha value is -1.85. The van der Waals surface area contributed by atoms with Gasteiger partial charge in [0.2, 0.25) is 0 Å². The van der Waals surface area contributed by atoms with E-state index in [1.807, 2.05) is 36.6 Å². The van der Waals surface area contributed by atoms with Gasteiger partial charge in [-0.15, -0.1) is 10.2 Å². The summed E-state index contributed by atoms with van der Waals surface area (Å²) in [6, 6.07) is 12.9. The molecule has 3 nitrogen and oxygen atoms in total. The summed E-state index contributed by atoms with van der Waals surface area (Å²) in [4.78, 5) is 0. The molecule has 124 valence electrons. The Balaban J connectivity index is 1.87. The van der Waals surface area contributed by atoms with E-state index in [9.17, 15) is 4.39 Å². The van der Waals surface area contributed by atoms with E-state index < -0.39 is 0 Å². The van der Waals surface area contributed by atoms with Crippen LogP contribution in [0.3, 0.4) is 0 Å². The van der Waals surface area contributed by atoms with Crippen LogP contribution in [-0.2, 0) is 12.3 Å². The minimum absolute atomic E-state index is 0.295. The molecule has 0 atom stereocenters. The molecule has 0 aliphatic heterocycles. The van der Waals surface area contributed by atoms with E-state index in [-0.39, 0.29) is 5.82 Å². The molecule has 6 heteroatoms. The lowest BCUT2D eigenvalue weighted by Crippen LogP contribution is -2.00. The Morgan fingerprint density at radius 2 is 1.96 bits per heavy atom. The molecule has 0 saturated carbocycles. The lowest BCUT2D eigenvalue weighted by molar-refractivity contribution is 0.617. The van der Waals surface area contributed by atoms with Crippen molar-refractivity contribution in [2.24, 2.45) is 0 Å². The second-order valence-corrected chi connectivity index (χ2v) is 6.76. The van der Waals surface area contributed by atoms with Gasteiger partial charge in [-0.2, -0.15) is 0 Å². The Morgan fingerprint density at radius 3 is 2.67 bits per heavy atom. The molecule has 0 amide bonds. The molecule has 3 aromatic rings. The molecule has 2 aromatic carbocycles. The molecule has 0 radical (unpaired) electrons. The van der Waals surface area contributed by atoms with E-state index in [0.29, 0.717) is 16.3 Å². The van der Waals surface area contributed by atoms with Crippen LogP contribution in [0.4, 0.5) is 4.39 Å². The molecular weight excluding hydrogens is 345 g/mol. The number of nitrogens with zero attached hydrogens (tertiary/aromatic N) is 3. The second-order valence-electron chi connectivity index (χ2n) is 5.41. The summed E-state index contributed by atoms with van der Waals surface area (Å²) in [6.45, 7) is 4.83. The number of aromatic nitrogens is 3. The molecule has 0 aliphatic rings. The van der Waals surface area contributed by atoms with Crippen LogP contribution in [0.25, 0.3) is 11.4 Å². The van der Waals surface area contributed by atoms with Crippen molar-refractivity contribution in [2.45, 2.75) is 31.3 Å². The lowest BCUT2D eigenvalue weighted by Gasteiger charge is -2.09. The summed E-state index contributed by atoms with van der Waals surface area (Å²) in [7, 11) is 0. The Labute approximate surface area is 149 Å². The van der Waals surface area contributed by atoms with E-state index in [2.05, 4.69) is 16.3 Å². The van der Waals surface area contributed by atoms with Crippen molar-refractivity contribution in [3.05, 3.63) is 64.4 Å². The summed E-state index contributed by atoms with van der Waals surface area (Å²) in [5, 5.41) is 9.79. The van der Waals surface area contributed by atoms with Crippen molar-refractivity contribution in [1.29, 1.82) is 0 Å². The maximum absolute atomic E-state index is 13.9.